The van der Waals surface area contributed by atoms with Gasteiger partial charge in [-0.1, -0.05) is 66.7 Å². The van der Waals surface area contributed by atoms with Gasteiger partial charge in [-0.05, 0) is 65.5 Å². The van der Waals surface area contributed by atoms with Gasteiger partial charge in [0.15, 0.2) is 0 Å². The number of hydrogen-bond donors (Lipinski definition) is 2. The van der Waals surface area contributed by atoms with Crippen LogP contribution in [0.25, 0.3) is 0 Å². The van der Waals surface area contributed by atoms with Gasteiger partial charge >= 0.3 is 24.1 Å². The zero-order valence-corrected chi connectivity index (χ0v) is 31.1. The Morgan fingerprint density at radius 1 is 0.654 bits per heavy atom. The molecule has 13 nitrogen and oxygen atoms in total. The van der Waals surface area contributed by atoms with Gasteiger partial charge in [0.1, 0.15) is 48.1 Å². The number of amides is 2. The van der Waals surface area contributed by atoms with Gasteiger partial charge in [0, 0.05) is 19.4 Å². The molecule has 2 aromatic carbocycles. The largest absolute Gasteiger partial charge is 0.458 e. The summed E-state index contributed by atoms with van der Waals surface area (Å²) in [6.07, 6.45) is -0.478. The van der Waals surface area contributed by atoms with E-state index >= 15 is 0 Å². The summed E-state index contributed by atoms with van der Waals surface area (Å²) in [5.41, 5.74) is -0.152. The third-order valence-electron chi connectivity index (χ3n) is 7.00. The number of nitrogens with zero attached hydrogens (tertiary/aromatic N) is 1. The second-order valence-electron chi connectivity index (χ2n) is 14.2. The molecule has 2 atom stereocenters. The van der Waals surface area contributed by atoms with E-state index in [9.17, 15) is 28.8 Å². The van der Waals surface area contributed by atoms with Crippen LogP contribution in [-0.4, -0.2) is 83.5 Å². The van der Waals surface area contributed by atoms with Crippen LogP contribution in [0.4, 0.5) is 9.59 Å². The molecule has 0 saturated carbocycles. The minimum absolute atomic E-state index is 0.00981. The lowest BCUT2D eigenvalue weighted by Gasteiger charge is -2.25. The summed E-state index contributed by atoms with van der Waals surface area (Å²) in [6.45, 7) is 13.7. The third kappa shape index (κ3) is 18.8. The van der Waals surface area contributed by atoms with Gasteiger partial charge in [0.05, 0.1) is 13.1 Å². The molecule has 13 heteroatoms. The van der Waals surface area contributed by atoms with E-state index in [-0.39, 0.29) is 70.1 Å². The summed E-state index contributed by atoms with van der Waals surface area (Å²) in [5.74, 6) is -2.02. The molecule has 2 aromatic rings. The Balaban J connectivity index is 1.98. The highest BCUT2D eigenvalue weighted by Crippen LogP contribution is 2.14. The van der Waals surface area contributed by atoms with Gasteiger partial charge in [0.2, 0.25) is 0 Å². The summed E-state index contributed by atoms with van der Waals surface area (Å²) in [4.78, 5) is 78.7. The van der Waals surface area contributed by atoms with Crippen molar-refractivity contribution >= 4 is 35.7 Å². The Morgan fingerprint density at radius 3 is 1.35 bits per heavy atom. The predicted octanol–water partition coefficient (Wildman–Crippen LogP) is 5.45. The zero-order valence-electron chi connectivity index (χ0n) is 31.1. The summed E-state index contributed by atoms with van der Waals surface area (Å²) in [5, 5.41) is 5.01. The van der Waals surface area contributed by atoms with E-state index in [0.29, 0.717) is 0 Å². The van der Waals surface area contributed by atoms with Gasteiger partial charge in [-0.15, -0.1) is 6.58 Å². The number of esters is 2. The standard InChI is InChI=1S/C39H53N3O10/c1-8-23-42(24-30(43)19-21-32(34(45)51-38(2,3)4)40-36(47)49-26-28-15-11-9-12-16-28)25-31(44)20-22-33(35(46)52-39(5,6)7)41-37(48)50-27-29-17-13-10-14-18-29/h8-18,32-33H,1,19-27H2,2-7H3,(H,40,47)(H,41,48)/t32-,33-/m0/s1. The van der Waals surface area contributed by atoms with Crippen LogP contribution in [0.15, 0.2) is 73.3 Å². The van der Waals surface area contributed by atoms with Gasteiger partial charge in [-0.3, -0.25) is 14.5 Å². The Bertz CT molecular complexity index is 1380. The van der Waals surface area contributed by atoms with Crippen molar-refractivity contribution in [3.63, 3.8) is 0 Å². The number of ether oxygens (including phenoxy) is 4. The highest BCUT2D eigenvalue weighted by molar-refractivity contribution is 5.86. The van der Waals surface area contributed by atoms with Crippen molar-refractivity contribution in [3.05, 3.63) is 84.4 Å². The average molecular weight is 724 g/mol. The molecule has 2 N–H and O–H groups in total. The summed E-state index contributed by atoms with van der Waals surface area (Å²) >= 11 is 0. The Morgan fingerprint density at radius 2 is 1.02 bits per heavy atom. The molecule has 0 aromatic heterocycles. The third-order valence-corrected chi connectivity index (χ3v) is 7.00. The maximum absolute atomic E-state index is 13.1. The molecule has 0 radical (unpaired) electrons. The molecule has 52 heavy (non-hydrogen) atoms. The molecule has 0 fully saturated rings. The molecule has 0 unspecified atom stereocenters. The topological polar surface area (TPSA) is 167 Å². The van der Waals surface area contributed by atoms with Crippen molar-refractivity contribution in [2.45, 2.75) is 104 Å². The highest BCUT2D eigenvalue weighted by atomic mass is 16.6. The van der Waals surface area contributed by atoms with Crippen LogP contribution in [0.2, 0.25) is 0 Å². The summed E-state index contributed by atoms with van der Waals surface area (Å²) < 4.78 is 21.4. The number of carbonyl (C=O) groups excluding carboxylic acids is 6. The minimum atomic E-state index is -1.15. The lowest BCUT2D eigenvalue weighted by molar-refractivity contribution is -0.158. The highest BCUT2D eigenvalue weighted by Gasteiger charge is 2.30. The summed E-state index contributed by atoms with van der Waals surface area (Å²) in [6, 6.07) is 15.7. The minimum Gasteiger partial charge on any atom is -0.458 e. The summed E-state index contributed by atoms with van der Waals surface area (Å²) in [7, 11) is 0. The number of rotatable bonds is 20. The lowest BCUT2D eigenvalue weighted by Crippen LogP contribution is -2.45. The van der Waals surface area contributed by atoms with E-state index in [2.05, 4.69) is 17.2 Å². The zero-order chi connectivity index (χ0) is 38.7. The van der Waals surface area contributed by atoms with E-state index in [1.54, 1.807) is 101 Å². The number of benzene rings is 2. The van der Waals surface area contributed by atoms with E-state index in [1.807, 2.05) is 12.1 Å². The first-order valence-electron chi connectivity index (χ1n) is 17.2. The van der Waals surface area contributed by atoms with E-state index < -0.39 is 47.4 Å². The second kappa shape index (κ2) is 21.4. The number of alkyl carbamates (subject to hydrolysis) is 2. The van der Waals surface area contributed by atoms with Crippen LogP contribution in [0.5, 0.6) is 0 Å². The first-order valence-corrected chi connectivity index (χ1v) is 17.2. The molecule has 0 heterocycles. The Hall–Kier alpha value is -5.04. The van der Waals surface area contributed by atoms with E-state index in [1.165, 1.54) is 0 Å². The Kier molecular flexibility index (Phi) is 17.7. The quantitative estimate of drug-likeness (QED) is 0.101. The number of ketones is 2. The van der Waals surface area contributed by atoms with Crippen molar-refractivity contribution in [1.29, 1.82) is 0 Å². The fraction of sp³-hybridized carbons (Fsp3) is 0.487. The number of nitrogens with one attached hydrogen (secondary N) is 2. The van der Waals surface area contributed by atoms with Crippen LogP contribution < -0.4 is 10.6 Å². The maximum atomic E-state index is 13.1. The molecule has 2 rings (SSSR count). The SMILES string of the molecule is C=CCN(CC(=O)CC[C@H](NC(=O)OCc1ccccc1)C(=O)OC(C)(C)C)CC(=O)CC[C@H](NC(=O)OCc1ccccc1)C(=O)OC(C)(C)C. The van der Waals surface area contributed by atoms with Crippen molar-refractivity contribution in [1.82, 2.24) is 15.5 Å². The van der Waals surface area contributed by atoms with E-state index in [0.717, 1.165) is 11.1 Å². The fourth-order valence-corrected chi connectivity index (χ4v) is 4.69. The van der Waals surface area contributed by atoms with Gasteiger partial charge < -0.3 is 29.6 Å². The number of hydrogen-bond acceptors (Lipinski definition) is 11. The number of Topliss-reactive ketones (excluding diaryl/α,β-unsaturated/α-hetero) is 2. The van der Waals surface area contributed by atoms with Crippen molar-refractivity contribution in [3.8, 4) is 0 Å². The first-order chi connectivity index (χ1) is 24.4. The van der Waals surface area contributed by atoms with Crippen LogP contribution in [0.3, 0.4) is 0 Å². The average Bonchev–Trinajstić information content (AvgIpc) is 3.06. The molecule has 0 saturated heterocycles. The van der Waals surface area contributed by atoms with Crippen LogP contribution in [-0.2, 0) is 51.3 Å². The monoisotopic (exact) mass is 723 g/mol. The lowest BCUT2D eigenvalue weighted by atomic mass is 10.1. The maximum Gasteiger partial charge on any atom is 0.408 e. The normalized spacial score (nSPS) is 12.5. The van der Waals surface area contributed by atoms with Crippen molar-refractivity contribution in [2.24, 2.45) is 0 Å². The Labute approximate surface area is 306 Å². The second-order valence-corrected chi connectivity index (χ2v) is 14.2. The predicted molar refractivity (Wildman–Crippen MR) is 194 cm³/mol. The smallest absolute Gasteiger partial charge is 0.408 e. The molecular formula is C39H53N3O10. The first kappa shape index (κ1) is 43.1. The van der Waals surface area contributed by atoms with Crippen molar-refractivity contribution < 1.29 is 47.7 Å². The van der Waals surface area contributed by atoms with Crippen LogP contribution in [0, 0.1) is 0 Å². The number of carbonyl (C=O) groups is 6. The van der Waals surface area contributed by atoms with Crippen LogP contribution in [0.1, 0.15) is 78.4 Å². The van der Waals surface area contributed by atoms with Gasteiger partial charge in [-0.25, -0.2) is 19.2 Å². The fourth-order valence-electron chi connectivity index (χ4n) is 4.69. The van der Waals surface area contributed by atoms with E-state index in [4.69, 9.17) is 18.9 Å². The molecule has 0 spiro atoms. The molecule has 284 valence electrons. The van der Waals surface area contributed by atoms with Gasteiger partial charge in [0.25, 0.3) is 0 Å². The molecule has 0 aliphatic heterocycles. The van der Waals surface area contributed by atoms with Crippen molar-refractivity contribution in [2.75, 3.05) is 19.6 Å². The molecular weight excluding hydrogens is 670 g/mol. The molecule has 2 amide bonds. The van der Waals surface area contributed by atoms with Crippen LogP contribution >= 0.6 is 0 Å². The molecule has 0 bridgehead atoms. The molecule has 0 aliphatic carbocycles. The molecule has 0 aliphatic rings. The van der Waals surface area contributed by atoms with Gasteiger partial charge in [-0.2, -0.15) is 0 Å².